The monoisotopic (exact) mass is 460 g/mol. The predicted molar refractivity (Wildman–Crippen MR) is 96.0 cm³/mol. The quantitative estimate of drug-likeness (QED) is 0.178. The molecule has 1 amide bonds. The van der Waals surface area contributed by atoms with Gasteiger partial charge in [0.25, 0.3) is 0 Å². The zero-order chi connectivity index (χ0) is 22.8. The average molecular weight is 460 g/mol. The van der Waals surface area contributed by atoms with Crippen molar-refractivity contribution >= 4 is 15.9 Å². The third-order valence-electron chi connectivity index (χ3n) is 4.75. The Labute approximate surface area is 172 Å². The lowest BCUT2D eigenvalue weighted by atomic mass is 9.95. The molecule has 2 saturated heterocycles. The van der Waals surface area contributed by atoms with E-state index in [0.29, 0.717) is 0 Å². The van der Waals surface area contributed by atoms with Gasteiger partial charge in [-0.2, -0.15) is 0 Å². The molecule has 14 nitrogen and oxygen atoms in total. The molecule has 10 atom stereocenters. The predicted octanol–water partition coefficient (Wildman–Crippen LogP) is -5.70. The van der Waals surface area contributed by atoms with E-state index in [1.54, 1.807) is 0 Å². The minimum Gasteiger partial charge on any atom is -0.394 e. The maximum Gasteiger partial charge on any atom is 0.217 e. The molecule has 2 aliphatic rings. The Morgan fingerprint density at radius 3 is 2.17 bits per heavy atom. The Bertz CT molecular complexity index is 691. The van der Waals surface area contributed by atoms with Crippen LogP contribution in [0.15, 0.2) is 0 Å². The summed E-state index contributed by atoms with van der Waals surface area (Å²) < 4.78 is 41.0. The highest BCUT2D eigenvalue weighted by molar-refractivity contribution is 7.88. The second-order valence-electron chi connectivity index (χ2n) is 7.20. The van der Waals surface area contributed by atoms with Gasteiger partial charge in [-0.15, -0.1) is 0 Å². The summed E-state index contributed by atoms with van der Waals surface area (Å²) >= 11 is 0. The maximum absolute atomic E-state index is 11.4. The van der Waals surface area contributed by atoms with Crippen LogP contribution in [0.3, 0.4) is 0 Å². The van der Waals surface area contributed by atoms with Crippen LogP contribution < -0.4 is 10.0 Å². The molecule has 8 N–H and O–H groups in total. The minimum absolute atomic E-state index is 0.457. The number of hydrogen-bond acceptors (Lipinski definition) is 12. The number of amides is 1. The number of aliphatic hydroxyl groups excluding tert-OH is 6. The van der Waals surface area contributed by atoms with Gasteiger partial charge in [0.05, 0.1) is 12.9 Å². The molecule has 30 heavy (non-hydrogen) atoms. The number of nitrogens with one attached hydrogen (secondary N) is 2. The summed E-state index contributed by atoms with van der Waals surface area (Å²) in [4.78, 5) is 11.4. The van der Waals surface area contributed by atoms with Gasteiger partial charge in [-0.25, -0.2) is 13.1 Å². The van der Waals surface area contributed by atoms with Gasteiger partial charge in [0.2, 0.25) is 15.9 Å². The van der Waals surface area contributed by atoms with Crippen LogP contribution in [0.25, 0.3) is 0 Å². The first-order valence-electron chi connectivity index (χ1n) is 9.05. The number of ether oxygens (including phenoxy) is 3. The molecule has 2 aliphatic heterocycles. The first-order valence-corrected chi connectivity index (χ1v) is 10.9. The summed E-state index contributed by atoms with van der Waals surface area (Å²) in [6, 6.07) is -1.37. The second kappa shape index (κ2) is 10.1. The fraction of sp³-hybridized carbons (Fsp3) is 0.933. The molecule has 176 valence electrons. The van der Waals surface area contributed by atoms with Crippen LogP contribution in [0.5, 0.6) is 0 Å². The van der Waals surface area contributed by atoms with Crippen LogP contribution in [0, 0.1) is 0 Å². The van der Waals surface area contributed by atoms with Crippen LogP contribution in [0.2, 0.25) is 0 Å². The van der Waals surface area contributed by atoms with Crippen molar-refractivity contribution in [2.45, 2.75) is 68.3 Å². The van der Waals surface area contributed by atoms with E-state index in [-0.39, 0.29) is 0 Å². The highest BCUT2D eigenvalue weighted by Crippen LogP contribution is 2.28. The van der Waals surface area contributed by atoms with Crippen LogP contribution >= 0.6 is 0 Å². The van der Waals surface area contributed by atoms with E-state index in [2.05, 4.69) is 10.0 Å². The molecule has 15 heteroatoms. The van der Waals surface area contributed by atoms with Gasteiger partial charge < -0.3 is 50.2 Å². The number of hydrogen-bond donors (Lipinski definition) is 8. The molecule has 2 heterocycles. The zero-order valence-electron chi connectivity index (χ0n) is 16.2. The molecule has 0 radical (unpaired) electrons. The molecule has 0 aromatic rings. The lowest BCUT2D eigenvalue weighted by Gasteiger charge is -2.46. The minimum atomic E-state index is -3.69. The van der Waals surface area contributed by atoms with Crippen LogP contribution in [-0.4, -0.2) is 126 Å². The van der Waals surface area contributed by atoms with E-state index in [9.17, 15) is 43.9 Å². The first-order chi connectivity index (χ1) is 13.9. The van der Waals surface area contributed by atoms with Crippen LogP contribution in [0.1, 0.15) is 6.92 Å². The molecule has 2 rings (SSSR count). The summed E-state index contributed by atoms with van der Waals surface area (Å²) in [6.45, 7) is -0.0488. The smallest absolute Gasteiger partial charge is 0.217 e. The van der Waals surface area contributed by atoms with E-state index >= 15 is 0 Å². The van der Waals surface area contributed by atoms with E-state index < -0.39 is 90.4 Å². The van der Waals surface area contributed by atoms with Gasteiger partial charge in [0.15, 0.2) is 12.6 Å². The van der Waals surface area contributed by atoms with Gasteiger partial charge in [-0.1, -0.05) is 0 Å². The van der Waals surface area contributed by atoms with E-state index in [4.69, 9.17) is 14.2 Å². The lowest BCUT2D eigenvalue weighted by Crippen LogP contribution is -2.67. The van der Waals surface area contributed by atoms with Crippen molar-refractivity contribution in [2.75, 3.05) is 19.4 Å². The lowest BCUT2D eigenvalue weighted by molar-refractivity contribution is -0.342. The van der Waals surface area contributed by atoms with Gasteiger partial charge in [-0.05, 0) is 0 Å². The summed E-state index contributed by atoms with van der Waals surface area (Å²) in [6.07, 6.45) is -13.4. The molecular weight excluding hydrogens is 432 g/mol. The van der Waals surface area contributed by atoms with Crippen molar-refractivity contribution in [3.8, 4) is 0 Å². The number of sulfonamides is 1. The Morgan fingerprint density at radius 2 is 1.63 bits per heavy atom. The summed E-state index contributed by atoms with van der Waals surface area (Å²) in [5.41, 5.74) is 0. The third-order valence-corrected chi connectivity index (χ3v) is 5.44. The maximum atomic E-state index is 11.4. The Kier molecular flexibility index (Phi) is 8.51. The first kappa shape index (κ1) is 25.3. The van der Waals surface area contributed by atoms with Crippen molar-refractivity contribution in [2.24, 2.45) is 0 Å². The van der Waals surface area contributed by atoms with Crippen molar-refractivity contribution in [3.05, 3.63) is 0 Å². The van der Waals surface area contributed by atoms with E-state index in [1.165, 1.54) is 0 Å². The van der Waals surface area contributed by atoms with Crippen molar-refractivity contribution in [3.63, 3.8) is 0 Å². The van der Waals surface area contributed by atoms with Crippen molar-refractivity contribution < 1.29 is 58.1 Å². The number of carbonyl (C=O) groups excluding carboxylic acids is 1. The summed E-state index contributed by atoms with van der Waals surface area (Å²) in [7, 11) is -3.69. The van der Waals surface area contributed by atoms with E-state index in [0.717, 1.165) is 13.2 Å². The molecule has 10 unspecified atom stereocenters. The molecular formula is C15H28N2O12S. The molecule has 0 aromatic carbocycles. The Morgan fingerprint density at radius 1 is 1.00 bits per heavy atom. The van der Waals surface area contributed by atoms with Crippen molar-refractivity contribution in [1.82, 2.24) is 10.0 Å². The molecule has 0 aromatic heterocycles. The fourth-order valence-electron chi connectivity index (χ4n) is 3.23. The largest absolute Gasteiger partial charge is 0.394 e. The molecule has 0 bridgehead atoms. The van der Waals surface area contributed by atoms with Crippen LogP contribution in [-0.2, 0) is 29.0 Å². The number of carbonyl (C=O) groups is 1. The van der Waals surface area contributed by atoms with Gasteiger partial charge >= 0.3 is 0 Å². The van der Waals surface area contributed by atoms with Crippen molar-refractivity contribution in [1.29, 1.82) is 0 Å². The summed E-state index contributed by atoms with van der Waals surface area (Å²) in [5.74, 6) is -0.610. The Balaban J connectivity index is 2.25. The third kappa shape index (κ3) is 6.04. The topological polar surface area (TPSA) is 224 Å². The number of aliphatic hydroxyl groups is 6. The molecule has 0 spiro atoms. The second-order valence-corrected chi connectivity index (χ2v) is 9.03. The zero-order valence-corrected chi connectivity index (χ0v) is 17.0. The molecule has 2 fully saturated rings. The van der Waals surface area contributed by atoms with Gasteiger partial charge in [-0.3, -0.25) is 4.79 Å². The molecule has 0 aliphatic carbocycles. The Hall–Kier alpha value is -0.980. The molecule has 0 saturated carbocycles. The standard InChI is InChI=1S/C15H28N2O12S/c1-5(19)17-8-10(21)13(6(27-14(8)24)3-16-30(2,25)26)29-15-12(23)11(22)9(20)7(4-18)28-15/h6-16,18,20-24H,3-4H2,1-2H3,(H,17,19). The highest BCUT2D eigenvalue weighted by atomic mass is 32.2. The van der Waals surface area contributed by atoms with Crippen LogP contribution in [0.4, 0.5) is 0 Å². The number of rotatable bonds is 7. The van der Waals surface area contributed by atoms with Gasteiger partial charge in [0.1, 0.15) is 48.8 Å². The normalized spacial score (nSPS) is 42.7. The SMILES string of the molecule is CC(=O)NC1C(O)OC(CNS(C)(=O)=O)C(OC2OC(CO)C(O)C(O)C2O)C1O. The average Bonchev–Trinajstić information content (AvgIpc) is 2.65. The summed E-state index contributed by atoms with van der Waals surface area (Å²) in [5, 5.41) is 62.2. The fourth-order valence-corrected chi connectivity index (χ4v) is 3.69. The van der Waals surface area contributed by atoms with E-state index in [1.807, 2.05) is 0 Å². The highest BCUT2D eigenvalue weighted by Gasteiger charge is 2.50. The van der Waals surface area contributed by atoms with Gasteiger partial charge in [0, 0.05) is 13.5 Å².